The van der Waals surface area contributed by atoms with E-state index >= 15 is 0 Å². The van der Waals surface area contributed by atoms with E-state index in [2.05, 4.69) is 27.7 Å². The fourth-order valence-corrected chi connectivity index (χ4v) is 3.03. The van der Waals surface area contributed by atoms with Gasteiger partial charge in [-0.1, -0.05) is 29.8 Å². The van der Waals surface area contributed by atoms with Crippen molar-refractivity contribution >= 4 is 23.0 Å². The summed E-state index contributed by atoms with van der Waals surface area (Å²) >= 11 is 0. The van der Waals surface area contributed by atoms with E-state index in [0.717, 1.165) is 48.9 Å². The molecule has 2 aromatic carbocycles. The van der Waals surface area contributed by atoms with Gasteiger partial charge in [0, 0.05) is 18.8 Å². The number of morpholine rings is 1. The number of anilines is 3. The summed E-state index contributed by atoms with van der Waals surface area (Å²) in [5.74, 6) is -0.0521. The van der Waals surface area contributed by atoms with E-state index in [1.807, 2.05) is 44.2 Å². The molecule has 1 aliphatic heterocycles. The average molecular weight is 339 g/mol. The van der Waals surface area contributed by atoms with E-state index < -0.39 is 0 Å². The van der Waals surface area contributed by atoms with Crippen LogP contribution in [0.5, 0.6) is 0 Å². The molecule has 0 aliphatic carbocycles. The molecule has 0 bridgehead atoms. The first kappa shape index (κ1) is 17.3. The van der Waals surface area contributed by atoms with E-state index in [4.69, 9.17) is 4.74 Å². The van der Waals surface area contributed by atoms with Gasteiger partial charge < -0.3 is 20.3 Å². The van der Waals surface area contributed by atoms with Gasteiger partial charge in [-0.05, 0) is 37.6 Å². The normalized spacial score (nSPS) is 14.2. The topological polar surface area (TPSA) is 53.6 Å². The molecule has 0 aromatic heterocycles. The van der Waals surface area contributed by atoms with Crippen LogP contribution in [0.1, 0.15) is 11.1 Å². The summed E-state index contributed by atoms with van der Waals surface area (Å²) in [7, 11) is 0. The monoisotopic (exact) mass is 339 g/mol. The Morgan fingerprint density at radius 2 is 1.84 bits per heavy atom. The molecule has 1 fully saturated rings. The number of benzene rings is 2. The van der Waals surface area contributed by atoms with Crippen LogP contribution in [0, 0.1) is 13.8 Å². The Labute approximate surface area is 149 Å². The fraction of sp³-hybridized carbons (Fsp3) is 0.350. The molecule has 5 nitrogen and oxygen atoms in total. The minimum atomic E-state index is -0.0521. The van der Waals surface area contributed by atoms with Gasteiger partial charge in [-0.25, -0.2) is 0 Å². The number of hydrogen-bond acceptors (Lipinski definition) is 4. The number of carbonyl (C=O) groups excluding carboxylic acids is 1. The Morgan fingerprint density at radius 3 is 2.60 bits per heavy atom. The van der Waals surface area contributed by atoms with Crippen molar-refractivity contribution in [2.75, 3.05) is 48.4 Å². The van der Waals surface area contributed by atoms with Crippen LogP contribution in [0.4, 0.5) is 17.1 Å². The van der Waals surface area contributed by atoms with Gasteiger partial charge >= 0.3 is 0 Å². The molecule has 2 N–H and O–H groups in total. The lowest BCUT2D eigenvalue weighted by Crippen LogP contribution is -2.36. The maximum Gasteiger partial charge on any atom is 0.243 e. The lowest BCUT2D eigenvalue weighted by molar-refractivity contribution is -0.114. The average Bonchev–Trinajstić information content (AvgIpc) is 2.63. The van der Waals surface area contributed by atoms with Gasteiger partial charge in [-0.3, -0.25) is 4.79 Å². The van der Waals surface area contributed by atoms with Crippen LogP contribution in [0.25, 0.3) is 0 Å². The Balaban J connectivity index is 1.62. The maximum absolute atomic E-state index is 12.3. The Hall–Kier alpha value is -2.53. The lowest BCUT2D eigenvalue weighted by atomic mass is 10.1. The third kappa shape index (κ3) is 4.51. The number of nitrogens with one attached hydrogen (secondary N) is 2. The molecule has 132 valence electrons. The molecule has 3 rings (SSSR count). The van der Waals surface area contributed by atoms with E-state index in [1.165, 1.54) is 5.56 Å². The summed E-state index contributed by atoms with van der Waals surface area (Å²) in [6.45, 7) is 7.49. The van der Waals surface area contributed by atoms with Gasteiger partial charge in [0.05, 0.1) is 31.1 Å². The van der Waals surface area contributed by atoms with Crippen LogP contribution in [-0.4, -0.2) is 38.8 Å². The quantitative estimate of drug-likeness (QED) is 0.878. The summed E-state index contributed by atoms with van der Waals surface area (Å²) in [6.07, 6.45) is 0. The molecule has 0 atom stereocenters. The van der Waals surface area contributed by atoms with Crippen molar-refractivity contribution in [1.29, 1.82) is 0 Å². The predicted octanol–water partition coefficient (Wildman–Crippen LogP) is 3.19. The molecule has 1 heterocycles. The number of amides is 1. The second-order valence-corrected chi connectivity index (χ2v) is 6.34. The standard InChI is InChI=1S/C20H25N3O2/c1-15-7-8-17(16(2)13-15)22-20(24)14-21-18-5-3-4-6-19(18)23-9-11-25-12-10-23/h3-8,13,21H,9-12,14H2,1-2H3,(H,22,24). The van der Waals surface area contributed by atoms with Crippen molar-refractivity contribution in [2.24, 2.45) is 0 Å². The highest BCUT2D eigenvalue weighted by atomic mass is 16.5. The fourth-order valence-electron chi connectivity index (χ4n) is 3.03. The maximum atomic E-state index is 12.3. The van der Waals surface area contributed by atoms with Crippen molar-refractivity contribution in [3.63, 3.8) is 0 Å². The third-order valence-corrected chi connectivity index (χ3v) is 4.35. The van der Waals surface area contributed by atoms with E-state index in [9.17, 15) is 4.79 Å². The number of nitrogens with zero attached hydrogens (tertiary/aromatic N) is 1. The molecule has 25 heavy (non-hydrogen) atoms. The Kier molecular flexibility index (Phi) is 5.56. The lowest BCUT2D eigenvalue weighted by Gasteiger charge is -2.30. The Bertz CT molecular complexity index is 739. The summed E-state index contributed by atoms with van der Waals surface area (Å²) in [5, 5.41) is 6.24. The zero-order chi connectivity index (χ0) is 17.6. The summed E-state index contributed by atoms with van der Waals surface area (Å²) in [5.41, 5.74) is 5.21. The van der Waals surface area contributed by atoms with Gasteiger partial charge in [-0.2, -0.15) is 0 Å². The van der Waals surface area contributed by atoms with Gasteiger partial charge in [0.15, 0.2) is 0 Å². The number of para-hydroxylation sites is 2. The summed E-state index contributed by atoms with van der Waals surface area (Å²) in [6, 6.07) is 14.1. The van der Waals surface area contributed by atoms with Gasteiger partial charge in [0.25, 0.3) is 0 Å². The molecule has 2 aromatic rings. The molecule has 0 saturated carbocycles. The van der Waals surface area contributed by atoms with Crippen molar-refractivity contribution in [3.05, 3.63) is 53.6 Å². The number of carbonyl (C=O) groups is 1. The van der Waals surface area contributed by atoms with Crippen molar-refractivity contribution < 1.29 is 9.53 Å². The van der Waals surface area contributed by atoms with Crippen molar-refractivity contribution in [1.82, 2.24) is 0 Å². The van der Waals surface area contributed by atoms with Crippen LogP contribution in [0.15, 0.2) is 42.5 Å². The zero-order valence-corrected chi connectivity index (χ0v) is 14.8. The van der Waals surface area contributed by atoms with Crippen molar-refractivity contribution in [2.45, 2.75) is 13.8 Å². The molecule has 1 saturated heterocycles. The summed E-state index contributed by atoms with van der Waals surface area (Å²) in [4.78, 5) is 14.6. The van der Waals surface area contributed by atoms with Gasteiger partial charge in [-0.15, -0.1) is 0 Å². The van der Waals surface area contributed by atoms with Crippen LogP contribution < -0.4 is 15.5 Å². The molecule has 0 spiro atoms. The molecule has 1 aliphatic rings. The number of ether oxygens (including phenoxy) is 1. The SMILES string of the molecule is Cc1ccc(NC(=O)CNc2ccccc2N2CCOCC2)c(C)c1. The minimum Gasteiger partial charge on any atom is -0.378 e. The first-order chi connectivity index (χ1) is 12.1. The third-order valence-electron chi connectivity index (χ3n) is 4.35. The molecule has 0 unspecified atom stereocenters. The Morgan fingerprint density at radius 1 is 1.08 bits per heavy atom. The highest BCUT2D eigenvalue weighted by molar-refractivity contribution is 5.95. The van der Waals surface area contributed by atoms with E-state index in [0.29, 0.717) is 0 Å². The molecule has 5 heteroatoms. The minimum absolute atomic E-state index is 0.0521. The highest BCUT2D eigenvalue weighted by Gasteiger charge is 2.15. The zero-order valence-electron chi connectivity index (χ0n) is 14.8. The number of rotatable bonds is 5. The first-order valence-corrected chi connectivity index (χ1v) is 8.66. The molecular weight excluding hydrogens is 314 g/mol. The molecule has 0 radical (unpaired) electrons. The second-order valence-electron chi connectivity index (χ2n) is 6.34. The van der Waals surface area contributed by atoms with E-state index in [-0.39, 0.29) is 12.5 Å². The van der Waals surface area contributed by atoms with Crippen LogP contribution in [0.2, 0.25) is 0 Å². The number of aryl methyl sites for hydroxylation is 2. The molecular formula is C20H25N3O2. The van der Waals surface area contributed by atoms with Crippen molar-refractivity contribution in [3.8, 4) is 0 Å². The highest BCUT2D eigenvalue weighted by Crippen LogP contribution is 2.26. The van der Waals surface area contributed by atoms with Crippen LogP contribution >= 0.6 is 0 Å². The summed E-state index contributed by atoms with van der Waals surface area (Å²) < 4.78 is 5.42. The van der Waals surface area contributed by atoms with Crippen LogP contribution in [0.3, 0.4) is 0 Å². The van der Waals surface area contributed by atoms with Gasteiger partial charge in [0.1, 0.15) is 0 Å². The molecule has 1 amide bonds. The second kappa shape index (κ2) is 8.03. The number of hydrogen-bond donors (Lipinski definition) is 2. The van der Waals surface area contributed by atoms with E-state index in [1.54, 1.807) is 0 Å². The largest absolute Gasteiger partial charge is 0.378 e. The smallest absolute Gasteiger partial charge is 0.243 e. The van der Waals surface area contributed by atoms with Crippen LogP contribution in [-0.2, 0) is 9.53 Å². The first-order valence-electron chi connectivity index (χ1n) is 8.66. The van der Waals surface area contributed by atoms with Gasteiger partial charge in [0.2, 0.25) is 5.91 Å². The predicted molar refractivity (Wildman–Crippen MR) is 103 cm³/mol.